The number of phenolic OH excluding ortho intramolecular Hbond substituents is 1. The van der Waals surface area contributed by atoms with E-state index in [9.17, 15) is 28.7 Å². The number of aromatic hydroxyl groups is 1. The van der Waals surface area contributed by atoms with Crippen LogP contribution >= 0.6 is 0 Å². The molecule has 5 heterocycles. The first-order chi connectivity index (χ1) is 24.6. The molecule has 2 aliphatic rings. The van der Waals surface area contributed by atoms with Crippen molar-refractivity contribution in [3.8, 4) is 33.9 Å². The van der Waals surface area contributed by atoms with Gasteiger partial charge in [0.2, 0.25) is 11.9 Å². The van der Waals surface area contributed by atoms with Crippen LogP contribution in [0.4, 0.5) is 10.2 Å². The van der Waals surface area contributed by atoms with Crippen LogP contribution in [0.3, 0.4) is 0 Å². The largest absolute Gasteiger partial charge is 0.508 e. The molecule has 5 aromatic rings. The highest BCUT2D eigenvalue weighted by molar-refractivity contribution is 6.23. The SMILES string of the molecule is CN(C)c1ccc(-c2ccc(-c3cn4cc(OCCOCCN5C(=O)CCC(N6C(=O)c7ccc(O)cc7C6=O)C5=O)ccc4n3)cc2)c(F)n1. The fourth-order valence-corrected chi connectivity index (χ4v) is 6.21. The number of aromatic nitrogens is 3. The Bertz CT molecular complexity index is 2180. The Kier molecular flexibility index (Phi) is 8.92. The second-order valence-corrected chi connectivity index (χ2v) is 12.3. The minimum Gasteiger partial charge on any atom is -0.508 e. The lowest BCUT2D eigenvalue weighted by Gasteiger charge is -2.34. The van der Waals surface area contributed by atoms with Crippen LogP contribution < -0.4 is 9.64 Å². The number of ether oxygens (including phenoxy) is 2. The van der Waals surface area contributed by atoms with Crippen molar-refractivity contribution in [3.05, 3.63) is 96.2 Å². The molecule has 1 unspecified atom stereocenters. The number of amides is 4. The fraction of sp³-hybridized carbons (Fsp3) is 0.243. The summed E-state index contributed by atoms with van der Waals surface area (Å²) >= 11 is 0. The number of imide groups is 2. The number of benzene rings is 2. The maximum absolute atomic E-state index is 14.7. The summed E-state index contributed by atoms with van der Waals surface area (Å²) in [6.45, 7) is 0.366. The number of hydrogen-bond acceptors (Lipinski definition) is 10. The summed E-state index contributed by atoms with van der Waals surface area (Å²) in [4.78, 5) is 64.1. The van der Waals surface area contributed by atoms with Crippen LogP contribution in [-0.4, -0.2) is 99.4 Å². The molecule has 3 aromatic heterocycles. The van der Waals surface area contributed by atoms with E-state index < -0.39 is 35.6 Å². The van der Waals surface area contributed by atoms with Crippen molar-refractivity contribution in [3.63, 3.8) is 0 Å². The molecule has 2 aromatic carbocycles. The fourth-order valence-electron chi connectivity index (χ4n) is 6.21. The predicted octanol–water partition coefficient (Wildman–Crippen LogP) is 4.18. The van der Waals surface area contributed by atoms with E-state index in [1.54, 1.807) is 43.4 Å². The van der Waals surface area contributed by atoms with Gasteiger partial charge in [-0.05, 0) is 54.4 Å². The minimum atomic E-state index is -1.12. The van der Waals surface area contributed by atoms with Crippen LogP contribution in [0.5, 0.6) is 11.5 Å². The van der Waals surface area contributed by atoms with E-state index in [1.165, 1.54) is 18.2 Å². The van der Waals surface area contributed by atoms with Crippen LogP contribution in [0.25, 0.3) is 28.0 Å². The van der Waals surface area contributed by atoms with Crippen LogP contribution in [0.2, 0.25) is 0 Å². The van der Waals surface area contributed by atoms with Gasteiger partial charge in [0.15, 0.2) is 0 Å². The molecular weight excluding hydrogens is 659 g/mol. The van der Waals surface area contributed by atoms with Gasteiger partial charge in [0.25, 0.3) is 17.7 Å². The summed E-state index contributed by atoms with van der Waals surface area (Å²) in [5.41, 5.74) is 3.55. The number of hydrogen-bond donors (Lipinski definition) is 1. The topological polar surface area (TPSA) is 147 Å². The Morgan fingerprint density at radius 3 is 2.35 bits per heavy atom. The summed E-state index contributed by atoms with van der Waals surface area (Å²) in [5, 5.41) is 9.75. The van der Waals surface area contributed by atoms with Crippen LogP contribution in [0.15, 0.2) is 79.1 Å². The highest BCUT2D eigenvalue weighted by Crippen LogP contribution is 2.31. The van der Waals surface area contributed by atoms with Crippen molar-refractivity contribution in [2.75, 3.05) is 45.4 Å². The number of imidazole rings is 1. The van der Waals surface area contributed by atoms with E-state index in [2.05, 4.69) is 9.97 Å². The number of carbonyl (C=O) groups is 4. The molecule has 0 radical (unpaired) electrons. The van der Waals surface area contributed by atoms with Crippen LogP contribution in [0.1, 0.15) is 33.6 Å². The Morgan fingerprint density at radius 2 is 1.59 bits per heavy atom. The number of rotatable bonds is 11. The maximum Gasteiger partial charge on any atom is 0.262 e. The maximum atomic E-state index is 14.7. The highest BCUT2D eigenvalue weighted by Gasteiger charge is 2.47. The number of piperidine rings is 1. The van der Waals surface area contributed by atoms with Crippen LogP contribution in [-0.2, 0) is 14.3 Å². The van der Waals surface area contributed by atoms with Gasteiger partial charge in [0.05, 0.1) is 42.8 Å². The van der Waals surface area contributed by atoms with Gasteiger partial charge < -0.3 is 23.9 Å². The van der Waals surface area contributed by atoms with Crippen molar-refractivity contribution in [1.29, 1.82) is 0 Å². The first-order valence-electron chi connectivity index (χ1n) is 16.3. The number of pyridine rings is 2. The number of likely N-dealkylation sites (tertiary alicyclic amines) is 1. The summed E-state index contributed by atoms with van der Waals surface area (Å²) in [7, 11) is 3.61. The average molecular weight is 693 g/mol. The Labute approximate surface area is 291 Å². The quantitative estimate of drug-likeness (QED) is 0.122. The summed E-state index contributed by atoms with van der Waals surface area (Å²) in [5.74, 6) is -1.94. The molecule has 4 amide bonds. The zero-order valence-corrected chi connectivity index (χ0v) is 27.8. The smallest absolute Gasteiger partial charge is 0.262 e. The van der Waals surface area contributed by atoms with Gasteiger partial charge in [0.1, 0.15) is 35.6 Å². The number of fused-ring (bicyclic) bond motifs is 2. The van der Waals surface area contributed by atoms with Crippen molar-refractivity contribution in [2.24, 2.45) is 0 Å². The van der Waals surface area contributed by atoms with E-state index >= 15 is 0 Å². The Morgan fingerprint density at radius 1 is 0.843 bits per heavy atom. The third-order valence-corrected chi connectivity index (χ3v) is 8.86. The third kappa shape index (κ3) is 6.48. The van der Waals surface area contributed by atoms with Gasteiger partial charge in [-0.25, -0.2) is 9.97 Å². The van der Waals surface area contributed by atoms with Crippen molar-refractivity contribution in [1.82, 2.24) is 24.2 Å². The van der Waals surface area contributed by atoms with E-state index in [4.69, 9.17) is 9.47 Å². The molecular formula is C37H33FN6O7. The van der Waals surface area contributed by atoms with E-state index in [0.717, 1.165) is 21.1 Å². The number of anilines is 1. The van der Waals surface area contributed by atoms with Crippen LogP contribution in [0, 0.1) is 5.95 Å². The lowest BCUT2D eigenvalue weighted by Crippen LogP contribution is -2.56. The normalized spacial score (nSPS) is 15.9. The summed E-state index contributed by atoms with van der Waals surface area (Å²) in [6.07, 6.45) is 3.68. The zero-order chi connectivity index (χ0) is 35.8. The van der Waals surface area contributed by atoms with Gasteiger partial charge in [-0.2, -0.15) is 4.39 Å². The number of phenols is 1. The first kappa shape index (κ1) is 33.4. The third-order valence-electron chi connectivity index (χ3n) is 8.86. The van der Waals surface area contributed by atoms with E-state index in [-0.39, 0.29) is 56.1 Å². The second kappa shape index (κ2) is 13.6. The second-order valence-electron chi connectivity index (χ2n) is 12.3. The van der Waals surface area contributed by atoms with Gasteiger partial charge in [-0.3, -0.25) is 29.0 Å². The van der Waals surface area contributed by atoms with Gasteiger partial charge >= 0.3 is 0 Å². The molecule has 0 spiro atoms. The van der Waals surface area contributed by atoms with Crippen molar-refractivity contribution < 1.29 is 38.1 Å². The van der Waals surface area contributed by atoms with Gasteiger partial charge in [-0.1, -0.05) is 24.3 Å². The Balaban J connectivity index is 0.904. The molecule has 0 aliphatic carbocycles. The average Bonchev–Trinajstić information content (AvgIpc) is 3.65. The monoisotopic (exact) mass is 692 g/mol. The van der Waals surface area contributed by atoms with Crippen molar-refractivity contribution >= 4 is 35.1 Å². The molecule has 1 N–H and O–H groups in total. The predicted molar refractivity (Wildman–Crippen MR) is 183 cm³/mol. The standard InChI is InChI=1S/C37H33FN6O7/c1-41(2)31-13-10-26(34(38)40-31)22-3-5-23(6-4-22)29-21-42-20-25(8-12-32(42)39-29)51-18-17-50-16-15-43-33(46)14-11-30(37(43)49)44-35(47)27-9-7-24(45)19-28(27)36(44)48/h3-10,12-13,19-21,30,45H,11,14-18H2,1-2H3. The van der Waals surface area contributed by atoms with Crippen molar-refractivity contribution in [2.45, 2.75) is 18.9 Å². The Hall–Kier alpha value is -6.15. The first-order valence-corrected chi connectivity index (χ1v) is 16.3. The van der Waals surface area contributed by atoms with Gasteiger partial charge in [0, 0.05) is 37.8 Å². The minimum absolute atomic E-state index is 0.00863. The highest BCUT2D eigenvalue weighted by atomic mass is 19.1. The molecule has 2 aliphatic heterocycles. The summed E-state index contributed by atoms with van der Waals surface area (Å²) < 4.78 is 28.0. The zero-order valence-electron chi connectivity index (χ0n) is 27.8. The molecule has 1 fully saturated rings. The molecule has 14 heteroatoms. The molecule has 0 saturated carbocycles. The number of nitrogens with zero attached hydrogens (tertiary/aromatic N) is 6. The van der Waals surface area contributed by atoms with E-state index in [0.29, 0.717) is 28.3 Å². The molecule has 1 atom stereocenters. The molecule has 51 heavy (non-hydrogen) atoms. The molecule has 0 bridgehead atoms. The lowest BCUT2D eigenvalue weighted by molar-refractivity contribution is -0.152. The summed E-state index contributed by atoms with van der Waals surface area (Å²) in [6, 6.07) is 17.3. The lowest BCUT2D eigenvalue weighted by atomic mass is 10.0. The number of halogens is 1. The van der Waals surface area contributed by atoms with Gasteiger partial charge in [-0.15, -0.1) is 0 Å². The molecule has 260 valence electrons. The number of carbonyl (C=O) groups excluding carboxylic acids is 4. The molecule has 1 saturated heterocycles. The molecule has 13 nitrogen and oxygen atoms in total. The molecule has 7 rings (SSSR count). The van der Waals surface area contributed by atoms with E-state index in [1.807, 2.05) is 40.9 Å².